The molecule has 92 valence electrons. The molecule has 3 N–H and O–H groups in total. The third kappa shape index (κ3) is 5.01. The molecule has 0 aliphatic carbocycles. The molecular weight excluding hydrogens is 220 g/mol. The zero-order valence-corrected chi connectivity index (χ0v) is 9.72. The molecule has 0 aromatic heterocycles. The maximum atomic E-state index is 10.5. The summed E-state index contributed by atoms with van der Waals surface area (Å²) in [5.74, 6) is 0.115. The average Bonchev–Trinajstić information content (AvgIpc) is 2.34. The third-order valence-corrected chi connectivity index (χ3v) is 2.25. The first-order valence-electron chi connectivity index (χ1n) is 5.29. The molecule has 0 spiro atoms. The monoisotopic (exact) mass is 236 g/mol. The second-order valence-corrected chi connectivity index (χ2v) is 3.73. The van der Waals surface area contributed by atoms with E-state index in [1.165, 1.54) is 0 Å². The number of primary amides is 1. The van der Waals surface area contributed by atoms with Crippen LogP contribution in [0.1, 0.15) is 18.9 Å². The fourth-order valence-electron chi connectivity index (χ4n) is 1.28. The minimum atomic E-state index is -0.496. The Morgan fingerprint density at radius 2 is 2.06 bits per heavy atom. The molecule has 0 bridgehead atoms. The van der Waals surface area contributed by atoms with Gasteiger partial charge in [0.2, 0.25) is 0 Å². The van der Waals surface area contributed by atoms with Gasteiger partial charge < -0.3 is 15.7 Å². The molecule has 0 heterocycles. The number of hydrogen-bond donors (Lipinski definition) is 2. The van der Waals surface area contributed by atoms with Crippen LogP contribution in [0.15, 0.2) is 29.4 Å². The highest BCUT2D eigenvalue weighted by atomic mass is 16.5. The minimum Gasteiger partial charge on any atom is -0.484 e. The fourth-order valence-corrected chi connectivity index (χ4v) is 1.28. The highest BCUT2D eigenvalue weighted by Gasteiger charge is 1.99. The third-order valence-electron chi connectivity index (χ3n) is 2.25. The van der Waals surface area contributed by atoms with Gasteiger partial charge in [0.1, 0.15) is 5.75 Å². The number of nitrogens with two attached hydrogens (primary N) is 1. The lowest BCUT2D eigenvalue weighted by molar-refractivity contribution is -0.119. The minimum absolute atomic E-state index is 0.115. The van der Waals surface area contributed by atoms with E-state index in [1.54, 1.807) is 19.1 Å². The van der Waals surface area contributed by atoms with E-state index in [1.807, 2.05) is 12.1 Å². The van der Waals surface area contributed by atoms with Gasteiger partial charge in [-0.25, -0.2) is 0 Å². The number of hydrogen-bond acceptors (Lipinski definition) is 4. The SMILES string of the molecule is C/C(CCc1ccc(OCC(N)=O)cc1)=N\O. The average molecular weight is 236 g/mol. The largest absolute Gasteiger partial charge is 0.484 e. The number of nitrogens with zero attached hydrogens (tertiary/aromatic N) is 1. The number of benzene rings is 1. The molecule has 0 aliphatic rings. The van der Waals surface area contributed by atoms with Gasteiger partial charge in [-0.1, -0.05) is 17.3 Å². The molecule has 0 atom stereocenters. The summed E-state index contributed by atoms with van der Waals surface area (Å²) in [6.45, 7) is 1.65. The van der Waals surface area contributed by atoms with Crippen molar-refractivity contribution in [3.05, 3.63) is 29.8 Å². The predicted molar refractivity (Wildman–Crippen MR) is 64.3 cm³/mol. The van der Waals surface area contributed by atoms with Crippen molar-refractivity contribution in [3.8, 4) is 5.75 Å². The smallest absolute Gasteiger partial charge is 0.255 e. The maximum Gasteiger partial charge on any atom is 0.255 e. The van der Waals surface area contributed by atoms with Gasteiger partial charge in [-0.15, -0.1) is 0 Å². The van der Waals surface area contributed by atoms with Gasteiger partial charge in [0, 0.05) is 0 Å². The Labute approximate surface area is 99.9 Å². The Bertz CT molecular complexity index is 399. The summed E-state index contributed by atoms with van der Waals surface area (Å²) >= 11 is 0. The van der Waals surface area contributed by atoms with Gasteiger partial charge in [0.15, 0.2) is 6.61 Å². The highest BCUT2D eigenvalue weighted by Crippen LogP contribution is 2.13. The molecule has 5 nitrogen and oxygen atoms in total. The molecule has 0 saturated carbocycles. The Hall–Kier alpha value is -2.04. The first-order chi connectivity index (χ1) is 8.11. The van der Waals surface area contributed by atoms with Crippen LogP contribution in [-0.2, 0) is 11.2 Å². The number of oxime groups is 1. The van der Waals surface area contributed by atoms with Gasteiger partial charge in [-0.05, 0) is 37.5 Å². The van der Waals surface area contributed by atoms with Crippen LogP contribution in [0.5, 0.6) is 5.75 Å². The molecule has 0 saturated heterocycles. The van der Waals surface area contributed by atoms with Crippen LogP contribution in [0.3, 0.4) is 0 Å². The van der Waals surface area contributed by atoms with E-state index in [2.05, 4.69) is 5.16 Å². The van der Waals surface area contributed by atoms with Crippen molar-refractivity contribution >= 4 is 11.6 Å². The van der Waals surface area contributed by atoms with Crippen molar-refractivity contribution in [1.82, 2.24) is 0 Å². The maximum absolute atomic E-state index is 10.5. The number of carbonyl (C=O) groups is 1. The normalized spacial score (nSPS) is 11.2. The van der Waals surface area contributed by atoms with E-state index < -0.39 is 5.91 Å². The summed E-state index contributed by atoms with van der Waals surface area (Å²) in [4.78, 5) is 10.5. The molecule has 1 aromatic rings. The predicted octanol–water partition coefficient (Wildman–Crippen LogP) is 1.33. The van der Waals surface area contributed by atoms with Crippen LogP contribution in [-0.4, -0.2) is 23.4 Å². The van der Waals surface area contributed by atoms with Gasteiger partial charge in [-0.3, -0.25) is 4.79 Å². The molecular formula is C12H16N2O3. The Kier molecular flexibility index (Phi) is 5.00. The van der Waals surface area contributed by atoms with Crippen molar-refractivity contribution in [3.63, 3.8) is 0 Å². The summed E-state index contributed by atoms with van der Waals surface area (Å²) in [6, 6.07) is 7.37. The van der Waals surface area contributed by atoms with E-state index in [9.17, 15) is 4.79 Å². The summed E-state index contributed by atoms with van der Waals surface area (Å²) in [6.07, 6.45) is 1.50. The zero-order chi connectivity index (χ0) is 12.7. The van der Waals surface area contributed by atoms with E-state index >= 15 is 0 Å². The molecule has 0 unspecified atom stereocenters. The molecule has 0 aliphatic heterocycles. The van der Waals surface area contributed by atoms with E-state index in [4.69, 9.17) is 15.7 Å². The Balaban J connectivity index is 2.47. The van der Waals surface area contributed by atoms with E-state index in [-0.39, 0.29) is 6.61 Å². The van der Waals surface area contributed by atoms with Crippen molar-refractivity contribution in [2.75, 3.05) is 6.61 Å². The topological polar surface area (TPSA) is 84.9 Å². The fraction of sp³-hybridized carbons (Fsp3) is 0.333. The van der Waals surface area contributed by atoms with Crippen molar-refractivity contribution in [1.29, 1.82) is 0 Å². The van der Waals surface area contributed by atoms with Crippen LogP contribution in [0.25, 0.3) is 0 Å². The summed E-state index contributed by atoms with van der Waals surface area (Å²) in [5, 5.41) is 11.6. The van der Waals surface area contributed by atoms with Crippen molar-refractivity contribution in [2.24, 2.45) is 10.9 Å². The van der Waals surface area contributed by atoms with Gasteiger partial charge in [0.25, 0.3) is 5.91 Å². The summed E-state index contributed by atoms with van der Waals surface area (Å²) in [7, 11) is 0. The second-order valence-electron chi connectivity index (χ2n) is 3.73. The van der Waals surface area contributed by atoms with Crippen LogP contribution >= 0.6 is 0 Å². The van der Waals surface area contributed by atoms with Gasteiger partial charge in [-0.2, -0.15) is 0 Å². The van der Waals surface area contributed by atoms with E-state index in [0.29, 0.717) is 17.9 Å². The van der Waals surface area contributed by atoms with Crippen LogP contribution in [0.4, 0.5) is 0 Å². The lowest BCUT2D eigenvalue weighted by atomic mass is 10.1. The lowest BCUT2D eigenvalue weighted by Gasteiger charge is -2.05. The molecule has 5 heteroatoms. The van der Waals surface area contributed by atoms with Crippen molar-refractivity contribution < 1.29 is 14.7 Å². The number of amides is 1. The summed E-state index contributed by atoms with van der Waals surface area (Å²) < 4.78 is 5.13. The number of rotatable bonds is 6. The van der Waals surface area contributed by atoms with Gasteiger partial charge in [0.05, 0.1) is 5.71 Å². The molecule has 0 radical (unpaired) electrons. The van der Waals surface area contributed by atoms with Crippen LogP contribution in [0.2, 0.25) is 0 Å². The molecule has 0 fully saturated rings. The molecule has 1 rings (SSSR count). The highest BCUT2D eigenvalue weighted by molar-refractivity contribution is 5.81. The molecule has 17 heavy (non-hydrogen) atoms. The molecule has 1 aromatic carbocycles. The first kappa shape index (κ1) is 13.0. The van der Waals surface area contributed by atoms with Crippen LogP contribution in [0, 0.1) is 0 Å². The zero-order valence-electron chi connectivity index (χ0n) is 9.72. The van der Waals surface area contributed by atoms with Gasteiger partial charge >= 0.3 is 0 Å². The number of ether oxygens (including phenoxy) is 1. The van der Waals surface area contributed by atoms with Crippen LogP contribution < -0.4 is 10.5 Å². The van der Waals surface area contributed by atoms with E-state index in [0.717, 1.165) is 12.0 Å². The quantitative estimate of drug-likeness (QED) is 0.444. The Morgan fingerprint density at radius 1 is 1.41 bits per heavy atom. The first-order valence-corrected chi connectivity index (χ1v) is 5.29. The molecule has 1 amide bonds. The number of carbonyl (C=O) groups excluding carboxylic acids is 1. The Morgan fingerprint density at radius 3 is 2.59 bits per heavy atom. The standard InChI is InChI=1S/C12H16N2O3/c1-9(14-16)2-3-10-4-6-11(7-5-10)17-8-12(13)15/h4-7,16H,2-3,8H2,1H3,(H2,13,15)/b14-9+. The van der Waals surface area contributed by atoms with Crippen molar-refractivity contribution in [2.45, 2.75) is 19.8 Å². The number of aryl methyl sites for hydroxylation is 1. The lowest BCUT2D eigenvalue weighted by Crippen LogP contribution is -2.19. The second kappa shape index (κ2) is 6.52. The summed E-state index contributed by atoms with van der Waals surface area (Å²) in [5.41, 5.74) is 6.77.